The van der Waals surface area contributed by atoms with E-state index in [9.17, 15) is 4.79 Å². The molecular weight excluding hydrogens is 377 g/mol. The highest BCUT2D eigenvalue weighted by Crippen LogP contribution is 2.20. The lowest BCUT2D eigenvalue weighted by Crippen LogP contribution is -2.13. The molecule has 0 atom stereocenters. The molecule has 21 heavy (non-hydrogen) atoms. The van der Waals surface area contributed by atoms with E-state index in [1.54, 1.807) is 0 Å². The minimum atomic E-state index is -0.0923. The average molecular weight is 395 g/mol. The maximum absolute atomic E-state index is 12.3. The second kappa shape index (κ2) is 7.45. The van der Waals surface area contributed by atoms with E-state index < -0.39 is 0 Å². The van der Waals surface area contributed by atoms with Crippen molar-refractivity contribution in [2.45, 2.75) is 20.3 Å². The number of aryl methyl sites for hydroxylation is 1. The Kier molecular flexibility index (Phi) is 5.61. The topological polar surface area (TPSA) is 38.3 Å². The van der Waals surface area contributed by atoms with E-state index in [1.165, 1.54) is 0 Å². The zero-order chi connectivity index (χ0) is 15.2. The molecule has 0 heterocycles. The summed E-state index contributed by atoms with van der Waals surface area (Å²) in [6.45, 7) is 4.77. The number of carbonyl (C=O) groups is 1. The molecule has 0 radical (unpaired) electrons. The monoisotopic (exact) mass is 395 g/mol. The van der Waals surface area contributed by atoms with E-state index >= 15 is 0 Å². The van der Waals surface area contributed by atoms with Gasteiger partial charge < -0.3 is 10.1 Å². The predicted octanol–water partition coefficient (Wildman–Crippen LogP) is 4.64. The van der Waals surface area contributed by atoms with Gasteiger partial charge in [0.25, 0.3) is 5.91 Å². The minimum Gasteiger partial charge on any atom is -0.494 e. The molecule has 0 saturated carbocycles. The van der Waals surface area contributed by atoms with E-state index in [4.69, 9.17) is 4.74 Å². The second-order valence-electron chi connectivity index (χ2n) is 4.76. The molecule has 0 unspecified atom stereocenters. The first-order chi connectivity index (χ1) is 10.1. The molecule has 1 N–H and O–H groups in total. The Morgan fingerprint density at radius 3 is 2.57 bits per heavy atom. The van der Waals surface area contributed by atoms with E-state index in [0.717, 1.165) is 27.0 Å². The normalized spacial score (nSPS) is 10.2. The fraction of sp³-hybridized carbons (Fsp3) is 0.235. The van der Waals surface area contributed by atoms with Crippen LogP contribution in [-0.2, 0) is 0 Å². The molecule has 4 heteroatoms. The molecule has 2 rings (SSSR count). The quantitative estimate of drug-likeness (QED) is 0.750. The lowest BCUT2D eigenvalue weighted by atomic mass is 10.1. The third kappa shape index (κ3) is 4.20. The van der Waals surface area contributed by atoms with Gasteiger partial charge in [-0.15, -0.1) is 0 Å². The van der Waals surface area contributed by atoms with Crippen LogP contribution in [0.15, 0.2) is 42.5 Å². The van der Waals surface area contributed by atoms with Gasteiger partial charge in [0.2, 0.25) is 0 Å². The third-order valence-electron chi connectivity index (χ3n) is 3.02. The van der Waals surface area contributed by atoms with Gasteiger partial charge in [-0.05, 0) is 71.8 Å². The standard InChI is InChI=1S/C17H18INO2/c1-3-11-21-14-9-7-13(8-10-14)19-17(20)15-6-4-5-12(2)16(15)18/h4-10H,3,11H2,1-2H3,(H,19,20). The van der Waals surface area contributed by atoms with Gasteiger partial charge in [0, 0.05) is 9.26 Å². The molecule has 0 aliphatic rings. The van der Waals surface area contributed by atoms with E-state index in [-0.39, 0.29) is 5.91 Å². The summed E-state index contributed by atoms with van der Waals surface area (Å²) in [6, 6.07) is 13.2. The third-order valence-corrected chi connectivity index (χ3v) is 4.45. The summed E-state index contributed by atoms with van der Waals surface area (Å²) in [5.74, 6) is 0.727. The minimum absolute atomic E-state index is 0.0923. The van der Waals surface area contributed by atoms with E-state index in [0.29, 0.717) is 12.2 Å². The Bertz CT molecular complexity index is 623. The van der Waals surface area contributed by atoms with Crippen molar-refractivity contribution >= 4 is 34.2 Å². The van der Waals surface area contributed by atoms with Crippen LogP contribution in [0.1, 0.15) is 29.3 Å². The van der Waals surface area contributed by atoms with Gasteiger partial charge in [-0.3, -0.25) is 4.79 Å². The van der Waals surface area contributed by atoms with Crippen molar-refractivity contribution < 1.29 is 9.53 Å². The van der Waals surface area contributed by atoms with Crippen molar-refractivity contribution in [1.82, 2.24) is 0 Å². The van der Waals surface area contributed by atoms with Gasteiger partial charge >= 0.3 is 0 Å². The van der Waals surface area contributed by atoms with Crippen molar-refractivity contribution in [2.75, 3.05) is 11.9 Å². The largest absolute Gasteiger partial charge is 0.494 e. The summed E-state index contributed by atoms with van der Waals surface area (Å²) in [4.78, 5) is 12.3. The van der Waals surface area contributed by atoms with E-state index in [1.807, 2.05) is 49.4 Å². The smallest absolute Gasteiger partial charge is 0.256 e. The molecule has 0 aliphatic heterocycles. The number of hydrogen-bond acceptors (Lipinski definition) is 2. The molecule has 2 aromatic carbocycles. The molecule has 1 amide bonds. The van der Waals surface area contributed by atoms with Gasteiger partial charge in [0.1, 0.15) is 5.75 Å². The number of carbonyl (C=O) groups excluding carboxylic acids is 1. The van der Waals surface area contributed by atoms with Crippen LogP contribution in [0.25, 0.3) is 0 Å². The van der Waals surface area contributed by atoms with Gasteiger partial charge in [-0.1, -0.05) is 19.1 Å². The van der Waals surface area contributed by atoms with Crippen LogP contribution < -0.4 is 10.1 Å². The Morgan fingerprint density at radius 1 is 1.19 bits per heavy atom. The summed E-state index contributed by atoms with van der Waals surface area (Å²) in [5.41, 5.74) is 2.56. The van der Waals surface area contributed by atoms with Crippen LogP contribution in [0, 0.1) is 10.5 Å². The van der Waals surface area contributed by atoms with Crippen molar-refractivity contribution in [3.8, 4) is 5.75 Å². The average Bonchev–Trinajstić information content (AvgIpc) is 2.49. The highest BCUT2D eigenvalue weighted by atomic mass is 127. The molecule has 0 aromatic heterocycles. The lowest BCUT2D eigenvalue weighted by Gasteiger charge is -2.09. The zero-order valence-corrected chi connectivity index (χ0v) is 14.3. The van der Waals surface area contributed by atoms with Crippen LogP contribution in [0.2, 0.25) is 0 Å². The van der Waals surface area contributed by atoms with Crippen molar-refractivity contribution in [3.63, 3.8) is 0 Å². The van der Waals surface area contributed by atoms with Crippen molar-refractivity contribution in [3.05, 3.63) is 57.2 Å². The molecule has 2 aromatic rings. The summed E-state index contributed by atoms with van der Waals surface area (Å²) < 4.78 is 6.50. The Labute approximate surface area is 138 Å². The maximum atomic E-state index is 12.3. The van der Waals surface area contributed by atoms with Crippen molar-refractivity contribution in [1.29, 1.82) is 0 Å². The molecule has 110 valence electrons. The van der Waals surface area contributed by atoms with Gasteiger partial charge in [0.15, 0.2) is 0 Å². The molecule has 0 saturated heterocycles. The predicted molar refractivity (Wildman–Crippen MR) is 94.1 cm³/mol. The maximum Gasteiger partial charge on any atom is 0.256 e. The molecule has 0 fully saturated rings. The first kappa shape index (κ1) is 15.8. The first-order valence-corrected chi connectivity index (χ1v) is 7.99. The van der Waals surface area contributed by atoms with Gasteiger partial charge in [-0.2, -0.15) is 0 Å². The highest BCUT2D eigenvalue weighted by molar-refractivity contribution is 14.1. The fourth-order valence-electron chi connectivity index (χ4n) is 1.88. The number of hydrogen-bond donors (Lipinski definition) is 1. The Hall–Kier alpha value is -1.56. The number of anilines is 1. The number of benzene rings is 2. The summed E-state index contributed by atoms with van der Waals surface area (Å²) in [5, 5.41) is 2.91. The van der Waals surface area contributed by atoms with E-state index in [2.05, 4.69) is 34.8 Å². The van der Waals surface area contributed by atoms with Crippen LogP contribution >= 0.6 is 22.6 Å². The molecule has 0 spiro atoms. The Morgan fingerprint density at radius 2 is 1.90 bits per heavy atom. The molecule has 3 nitrogen and oxygen atoms in total. The summed E-state index contributed by atoms with van der Waals surface area (Å²) in [6.07, 6.45) is 0.976. The summed E-state index contributed by atoms with van der Waals surface area (Å²) >= 11 is 2.20. The van der Waals surface area contributed by atoms with Crippen LogP contribution in [0.4, 0.5) is 5.69 Å². The molecular formula is C17H18INO2. The van der Waals surface area contributed by atoms with Crippen molar-refractivity contribution in [2.24, 2.45) is 0 Å². The number of ether oxygens (including phenoxy) is 1. The van der Waals surface area contributed by atoms with Crippen LogP contribution in [0.3, 0.4) is 0 Å². The zero-order valence-electron chi connectivity index (χ0n) is 12.2. The lowest BCUT2D eigenvalue weighted by molar-refractivity contribution is 0.102. The van der Waals surface area contributed by atoms with Gasteiger partial charge in [-0.25, -0.2) is 0 Å². The number of halogens is 1. The van der Waals surface area contributed by atoms with Gasteiger partial charge in [0.05, 0.1) is 12.2 Å². The first-order valence-electron chi connectivity index (χ1n) is 6.91. The highest BCUT2D eigenvalue weighted by Gasteiger charge is 2.11. The van der Waals surface area contributed by atoms with Crippen LogP contribution in [-0.4, -0.2) is 12.5 Å². The number of amides is 1. The summed E-state index contributed by atoms with van der Waals surface area (Å²) in [7, 11) is 0. The fourth-order valence-corrected chi connectivity index (χ4v) is 2.48. The SMILES string of the molecule is CCCOc1ccc(NC(=O)c2cccc(C)c2I)cc1. The second-order valence-corrected chi connectivity index (χ2v) is 5.84. The number of nitrogens with one attached hydrogen (secondary N) is 1. The molecule has 0 aliphatic carbocycles. The van der Waals surface area contributed by atoms with Crippen LogP contribution in [0.5, 0.6) is 5.75 Å². The Balaban J connectivity index is 2.07. The molecule has 0 bridgehead atoms. The number of rotatable bonds is 5.